The maximum absolute atomic E-state index is 14.1. The smallest absolute Gasteiger partial charge is 0.407 e. The topological polar surface area (TPSA) is 78.9 Å². The first-order chi connectivity index (χ1) is 13.7. The van der Waals surface area contributed by atoms with Gasteiger partial charge in [-0.05, 0) is 23.1 Å². The lowest BCUT2D eigenvalue weighted by Gasteiger charge is -2.34. The van der Waals surface area contributed by atoms with Crippen molar-refractivity contribution in [3.05, 3.63) is 34.6 Å². The number of rotatable bonds is 4. The zero-order valence-electron chi connectivity index (χ0n) is 16.6. The Hall–Kier alpha value is -1.52. The van der Waals surface area contributed by atoms with Crippen LogP contribution in [-0.2, 0) is 9.53 Å². The van der Waals surface area contributed by atoms with Gasteiger partial charge in [-0.1, -0.05) is 38.4 Å². The molecule has 1 aliphatic heterocycles. The number of nitrogens with one attached hydrogen (secondary N) is 1. The van der Waals surface area contributed by atoms with E-state index in [0.29, 0.717) is 5.56 Å². The van der Waals surface area contributed by atoms with Gasteiger partial charge >= 0.3 is 16.8 Å². The third kappa shape index (κ3) is 6.24. The largest absolute Gasteiger partial charge is 0.465 e. The highest BCUT2D eigenvalue weighted by Gasteiger charge is 2.41. The van der Waals surface area contributed by atoms with E-state index in [2.05, 4.69) is 5.32 Å². The highest BCUT2D eigenvalue weighted by molar-refractivity contribution is 9.10. The number of carbonyl (C=O) groups excluding carboxylic acids is 1. The number of benzene rings is 1. The van der Waals surface area contributed by atoms with E-state index < -0.39 is 46.2 Å². The molecule has 6 nitrogen and oxygen atoms in total. The summed E-state index contributed by atoms with van der Waals surface area (Å²) in [6, 6.07) is 4.03. The van der Waals surface area contributed by atoms with Crippen LogP contribution in [0.5, 0.6) is 0 Å². The first-order valence-electron chi connectivity index (χ1n) is 9.13. The van der Waals surface area contributed by atoms with Gasteiger partial charge in [-0.3, -0.25) is 4.79 Å². The Morgan fingerprint density at radius 3 is 2.47 bits per heavy atom. The molecule has 0 spiro atoms. The van der Waals surface area contributed by atoms with Crippen molar-refractivity contribution < 1.29 is 32.6 Å². The molecule has 1 fully saturated rings. The minimum atomic E-state index is -3.78. The Morgan fingerprint density at radius 1 is 1.33 bits per heavy atom. The molecule has 2 N–H and O–H groups in total. The van der Waals surface area contributed by atoms with E-state index in [0.717, 1.165) is 11.0 Å². The van der Waals surface area contributed by atoms with Crippen molar-refractivity contribution in [3.63, 3.8) is 0 Å². The van der Waals surface area contributed by atoms with Gasteiger partial charge in [0.05, 0.1) is 23.8 Å². The molecule has 0 radical (unpaired) electrons. The predicted molar refractivity (Wildman–Crippen MR) is 108 cm³/mol. The summed E-state index contributed by atoms with van der Waals surface area (Å²) in [6.07, 6.45) is -2.65. The zero-order valence-corrected chi connectivity index (χ0v) is 18.9. The van der Waals surface area contributed by atoms with Crippen molar-refractivity contribution in [2.75, 3.05) is 19.6 Å². The first kappa shape index (κ1) is 24.7. The number of alkyl halides is 3. The van der Waals surface area contributed by atoms with E-state index >= 15 is 0 Å². The molecule has 1 aliphatic rings. The second kappa shape index (κ2) is 9.32. The van der Waals surface area contributed by atoms with E-state index in [1.165, 1.54) is 12.1 Å². The van der Waals surface area contributed by atoms with E-state index in [-0.39, 0.29) is 24.7 Å². The molecule has 2 rings (SSSR count). The lowest BCUT2D eigenvalue weighted by atomic mass is 9.88. The lowest BCUT2D eigenvalue weighted by Crippen LogP contribution is -2.44. The Balaban J connectivity index is 2.43. The predicted octanol–water partition coefficient (Wildman–Crippen LogP) is 4.67. The van der Waals surface area contributed by atoms with Gasteiger partial charge in [0.1, 0.15) is 5.82 Å². The van der Waals surface area contributed by atoms with Gasteiger partial charge in [0.25, 0.3) is 0 Å². The number of halogens is 5. The van der Waals surface area contributed by atoms with Crippen LogP contribution in [0.1, 0.15) is 32.4 Å². The lowest BCUT2D eigenvalue weighted by molar-refractivity contribution is -0.134. The van der Waals surface area contributed by atoms with Crippen molar-refractivity contribution in [2.45, 2.75) is 37.8 Å². The van der Waals surface area contributed by atoms with Gasteiger partial charge in [-0.2, -0.15) is 8.78 Å². The summed E-state index contributed by atoms with van der Waals surface area (Å²) >= 11 is 7.75. The molecule has 0 aliphatic carbocycles. The highest BCUT2D eigenvalue weighted by atomic mass is 79.9. The van der Waals surface area contributed by atoms with Crippen molar-refractivity contribution in [2.24, 2.45) is 11.3 Å². The molecule has 1 heterocycles. The molecule has 1 saturated heterocycles. The summed E-state index contributed by atoms with van der Waals surface area (Å²) in [6.45, 7) is 5.21. The van der Waals surface area contributed by atoms with Crippen molar-refractivity contribution in [3.8, 4) is 0 Å². The summed E-state index contributed by atoms with van der Waals surface area (Å²) in [7, 11) is 0. The standard InChI is InChI=1S/C19H23BrClF3N2O4/c1-18(2,3)14-9-26(17(28)29)8-11(7-25-16(27)19(20,23)24)15(30-14)10-4-5-12(21)13(22)6-10/h4-6,11,14-15H,7-9H2,1-3H3,(H,25,27)(H,28,29)/t11-,14?,15+/m1/s1. The third-order valence-corrected chi connectivity index (χ3v) is 5.54. The maximum atomic E-state index is 14.1. The summed E-state index contributed by atoms with van der Waals surface area (Å²) in [4.78, 5) is 20.7. The summed E-state index contributed by atoms with van der Waals surface area (Å²) in [5, 5.41) is 11.6. The van der Waals surface area contributed by atoms with Crippen LogP contribution < -0.4 is 5.32 Å². The second-order valence-corrected chi connectivity index (χ2v) is 9.64. The quantitative estimate of drug-likeness (QED) is 0.572. The van der Waals surface area contributed by atoms with Crippen LogP contribution in [0.25, 0.3) is 0 Å². The fraction of sp³-hybridized carbons (Fsp3) is 0.579. The minimum absolute atomic E-state index is 0.0322. The van der Waals surface area contributed by atoms with E-state index in [4.69, 9.17) is 16.3 Å². The van der Waals surface area contributed by atoms with Crippen LogP contribution in [0.4, 0.5) is 18.0 Å². The molecule has 2 amide bonds. The molecule has 1 aromatic rings. The molecule has 30 heavy (non-hydrogen) atoms. The van der Waals surface area contributed by atoms with Gasteiger partial charge < -0.3 is 20.1 Å². The van der Waals surface area contributed by atoms with Crippen LogP contribution in [0.3, 0.4) is 0 Å². The molecule has 11 heteroatoms. The van der Waals surface area contributed by atoms with Crippen molar-refractivity contribution >= 4 is 39.5 Å². The van der Waals surface area contributed by atoms with Gasteiger partial charge in [0.15, 0.2) is 0 Å². The fourth-order valence-corrected chi connectivity index (χ4v) is 3.41. The van der Waals surface area contributed by atoms with E-state index in [9.17, 15) is 27.9 Å². The summed E-state index contributed by atoms with van der Waals surface area (Å²) in [5.74, 6) is -3.02. The average Bonchev–Trinajstić information content (AvgIpc) is 2.81. The van der Waals surface area contributed by atoms with Crippen LogP contribution in [0.15, 0.2) is 18.2 Å². The van der Waals surface area contributed by atoms with Gasteiger partial charge in [0, 0.05) is 34.9 Å². The van der Waals surface area contributed by atoms with Crippen LogP contribution >= 0.6 is 27.5 Å². The van der Waals surface area contributed by atoms with Crippen molar-refractivity contribution in [1.29, 1.82) is 0 Å². The molecule has 1 aromatic carbocycles. The third-order valence-electron chi connectivity index (χ3n) is 4.87. The van der Waals surface area contributed by atoms with Crippen LogP contribution in [-0.4, -0.2) is 52.6 Å². The molecule has 1 unspecified atom stereocenters. The van der Waals surface area contributed by atoms with E-state index in [1.54, 1.807) is 0 Å². The first-order valence-corrected chi connectivity index (χ1v) is 10.3. The Morgan fingerprint density at radius 2 is 1.97 bits per heavy atom. The van der Waals surface area contributed by atoms with Crippen molar-refractivity contribution in [1.82, 2.24) is 10.2 Å². The fourth-order valence-electron chi connectivity index (χ4n) is 3.15. The van der Waals surface area contributed by atoms with E-state index in [1.807, 2.05) is 36.7 Å². The molecule has 0 aromatic heterocycles. The molecule has 168 valence electrons. The number of nitrogens with zero attached hydrogens (tertiary/aromatic N) is 1. The molecular weight excluding hydrogens is 493 g/mol. The molecule has 3 atom stereocenters. The number of amides is 2. The maximum Gasteiger partial charge on any atom is 0.407 e. The molecule has 0 saturated carbocycles. The summed E-state index contributed by atoms with van der Waals surface area (Å²) in [5.41, 5.74) is -0.110. The van der Waals surface area contributed by atoms with Gasteiger partial charge in [-0.25, -0.2) is 9.18 Å². The monoisotopic (exact) mass is 514 g/mol. The van der Waals surface area contributed by atoms with Gasteiger partial charge in [0.2, 0.25) is 0 Å². The summed E-state index contributed by atoms with van der Waals surface area (Å²) < 4.78 is 46.7. The number of ether oxygens (including phenoxy) is 1. The Bertz CT molecular complexity index is 801. The number of carbonyl (C=O) groups is 2. The number of hydrogen-bond acceptors (Lipinski definition) is 3. The second-order valence-electron chi connectivity index (χ2n) is 8.24. The number of carboxylic acid groups (broad SMARTS) is 1. The Labute approximate surface area is 185 Å². The molecule has 0 bridgehead atoms. The SMILES string of the molecule is CC(C)(C)C1CN(C(=O)O)C[C@@H](CNC(=O)C(F)(F)Br)[C@H](c2ccc(Cl)c(F)c2)O1. The molecular formula is C19H23BrClF3N2O4. The number of hydrogen-bond donors (Lipinski definition) is 2. The highest BCUT2D eigenvalue weighted by Crippen LogP contribution is 2.37. The normalized spacial score (nSPS) is 23.1. The van der Waals surface area contributed by atoms with Crippen LogP contribution in [0, 0.1) is 17.2 Å². The minimum Gasteiger partial charge on any atom is -0.465 e. The average molecular weight is 516 g/mol. The Kier molecular flexibility index (Phi) is 7.68. The van der Waals surface area contributed by atoms with Gasteiger partial charge in [-0.15, -0.1) is 0 Å². The zero-order chi connectivity index (χ0) is 22.9. The van der Waals surface area contributed by atoms with Crippen LogP contribution in [0.2, 0.25) is 5.02 Å².